The Labute approximate surface area is 182 Å². The van der Waals surface area contributed by atoms with Crippen LogP contribution in [-0.2, 0) is 4.79 Å². The lowest BCUT2D eigenvalue weighted by molar-refractivity contribution is -0.119. The fourth-order valence-corrected chi connectivity index (χ4v) is 3.47. The predicted octanol–water partition coefficient (Wildman–Crippen LogP) is 4.91. The summed E-state index contributed by atoms with van der Waals surface area (Å²) in [6.45, 7) is 4.16. The zero-order chi connectivity index (χ0) is 20.1. The van der Waals surface area contributed by atoms with Gasteiger partial charge in [-0.25, -0.2) is 5.43 Å². The highest BCUT2D eigenvalue weighted by Crippen LogP contribution is 2.25. The minimum atomic E-state index is -0.213. The molecule has 0 bridgehead atoms. The maximum absolute atomic E-state index is 12.0. The molecule has 0 fully saturated rings. The van der Waals surface area contributed by atoms with Crippen LogP contribution in [0.3, 0.4) is 0 Å². The van der Waals surface area contributed by atoms with Crippen molar-refractivity contribution >= 4 is 52.0 Å². The lowest BCUT2D eigenvalue weighted by Gasteiger charge is -2.11. The molecule has 0 spiro atoms. The second kappa shape index (κ2) is 9.25. The average Bonchev–Trinajstić information content (AvgIpc) is 2.95. The Bertz CT molecular complexity index is 1010. The molecule has 1 heterocycles. The summed E-state index contributed by atoms with van der Waals surface area (Å²) >= 11 is 8.57. The smallest absolute Gasteiger partial charge is 0.259 e. The summed E-state index contributed by atoms with van der Waals surface area (Å²) in [5.74, 6) is -0.213. The number of hydrogen-bond acceptors (Lipinski definition) is 3. The molecule has 0 aliphatic rings. The van der Waals surface area contributed by atoms with Crippen LogP contribution in [0.15, 0.2) is 59.7 Å². The second-order valence-corrected chi connectivity index (χ2v) is 7.92. The Balaban J connectivity index is 1.63. The van der Waals surface area contributed by atoms with Gasteiger partial charge in [0.05, 0.1) is 23.5 Å². The van der Waals surface area contributed by atoms with Crippen molar-refractivity contribution in [2.75, 3.05) is 11.9 Å². The van der Waals surface area contributed by atoms with E-state index in [4.69, 9.17) is 11.6 Å². The zero-order valence-corrected chi connectivity index (χ0v) is 18.5. The molecule has 144 valence electrons. The fourth-order valence-electron chi connectivity index (χ4n) is 2.89. The number of aryl methyl sites for hydroxylation is 1. The van der Waals surface area contributed by atoms with Crippen LogP contribution in [0.4, 0.5) is 5.69 Å². The molecule has 5 nitrogen and oxygen atoms in total. The summed E-state index contributed by atoms with van der Waals surface area (Å²) in [4.78, 5) is 12.0. The normalized spacial score (nSPS) is 11.0. The van der Waals surface area contributed by atoms with Gasteiger partial charge in [-0.05, 0) is 78.9 Å². The van der Waals surface area contributed by atoms with Gasteiger partial charge in [0.15, 0.2) is 0 Å². The number of benzene rings is 2. The molecule has 1 amide bonds. The lowest BCUT2D eigenvalue weighted by Crippen LogP contribution is -2.25. The van der Waals surface area contributed by atoms with Crippen LogP contribution < -0.4 is 10.7 Å². The van der Waals surface area contributed by atoms with E-state index in [1.165, 1.54) is 0 Å². The molecular weight excluding hydrogens is 487 g/mol. The molecule has 2 N–H and O–H groups in total. The van der Waals surface area contributed by atoms with E-state index < -0.39 is 0 Å². The molecular formula is C21H20ClIN4O. The summed E-state index contributed by atoms with van der Waals surface area (Å²) in [7, 11) is 0. The van der Waals surface area contributed by atoms with E-state index in [1.54, 1.807) is 6.21 Å². The highest BCUT2D eigenvalue weighted by molar-refractivity contribution is 14.1. The molecule has 1 aromatic heterocycles. The molecule has 7 heteroatoms. The number of para-hydroxylation sites is 1. The van der Waals surface area contributed by atoms with Crippen LogP contribution in [-0.4, -0.2) is 23.2 Å². The quantitative estimate of drug-likeness (QED) is 0.283. The van der Waals surface area contributed by atoms with Crippen LogP contribution in [0.5, 0.6) is 0 Å². The number of anilines is 1. The van der Waals surface area contributed by atoms with Crippen LogP contribution in [0.1, 0.15) is 17.0 Å². The first-order chi connectivity index (χ1) is 13.5. The highest BCUT2D eigenvalue weighted by atomic mass is 127. The monoisotopic (exact) mass is 506 g/mol. The van der Waals surface area contributed by atoms with Gasteiger partial charge in [0.25, 0.3) is 5.91 Å². The number of carbonyl (C=O) groups is 1. The van der Waals surface area contributed by atoms with E-state index in [0.29, 0.717) is 5.02 Å². The fraction of sp³-hybridized carbons (Fsp3) is 0.143. The molecule has 0 saturated heterocycles. The van der Waals surface area contributed by atoms with Crippen molar-refractivity contribution < 1.29 is 4.79 Å². The van der Waals surface area contributed by atoms with Crippen LogP contribution in [0.25, 0.3) is 5.69 Å². The Morgan fingerprint density at radius 1 is 1.18 bits per heavy atom. The van der Waals surface area contributed by atoms with E-state index in [2.05, 4.69) is 43.0 Å². The Morgan fingerprint density at radius 2 is 1.89 bits per heavy atom. The number of carbonyl (C=O) groups excluding carboxylic acids is 1. The number of hydrogen-bond donors (Lipinski definition) is 2. The third kappa shape index (κ3) is 4.94. The second-order valence-electron chi connectivity index (χ2n) is 6.27. The van der Waals surface area contributed by atoms with Gasteiger partial charge in [0, 0.05) is 26.2 Å². The topological polar surface area (TPSA) is 58.4 Å². The third-order valence-electron chi connectivity index (χ3n) is 4.25. The Hall–Kier alpha value is -2.32. The lowest BCUT2D eigenvalue weighted by atomic mass is 10.2. The summed E-state index contributed by atoms with van der Waals surface area (Å²) in [6, 6.07) is 17.5. The summed E-state index contributed by atoms with van der Waals surface area (Å²) in [6.07, 6.45) is 1.65. The van der Waals surface area contributed by atoms with Crippen molar-refractivity contribution in [3.63, 3.8) is 0 Å². The molecule has 0 radical (unpaired) electrons. The Morgan fingerprint density at radius 3 is 2.61 bits per heavy atom. The molecule has 0 aliphatic heterocycles. The number of amides is 1. The van der Waals surface area contributed by atoms with Gasteiger partial charge in [-0.15, -0.1) is 0 Å². The van der Waals surface area contributed by atoms with E-state index in [-0.39, 0.29) is 12.5 Å². The van der Waals surface area contributed by atoms with Gasteiger partial charge in [-0.2, -0.15) is 5.10 Å². The Kier molecular flexibility index (Phi) is 6.74. The third-order valence-corrected chi connectivity index (χ3v) is 5.29. The predicted molar refractivity (Wildman–Crippen MR) is 124 cm³/mol. The zero-order valence-electron chi connectivity index (χ0n) is 15.5. The van der Waals surface area contributed by atoms with Crippen molar-refractivity contribution in [3.05, 3.63) is 80.1 Å². The number of aromatic nitrogens is 1. The van der Waals surface area contributed by atoms with Gasteiger partial charge in [-0.3, -0.25) is 4.79 Å². The maximum Gasteiger partial charge on any atom is 0.259 e. The first-order valence-corrected chi connectivity index (χ1v) is 10.2. The van der Waals surface area contributed by atoms with Crippen LogP contribution >= 0.6 is 34.2 Å². The minimum Gasteiger partial charge on any atom is -0.376 e. The number of halogens is 2. The largest absolute Gasteiger partial charge is 0.376 e. The van der Waals surface area contributed by atoms with Crippen LogP contribution in [0, 0.1) is 17.4 Å². The molecule has 0 saturated carbocycles. The van der Waals surface area contributed by atoms with Crippen LogP contribution in [0.2, 0.25) is 5.02 Å². The van der Waals surface area contributed by atoms with Gasteiger partial charge < -0.3 is 9.88 Å². The first kappa shape index (κ1) is 20.4. The number of nitrogens with zero attached hydrogens (tertiary/aromatic N) is 2. The molecule has 2 aromatic carbocycles. The summed E-state index contributed by atoms with van der Waals surface area (Å²) < 4.78 is 3.22. The van der Waals surface area contributed by atoms with Crippen molar-refractivity contribution in [2.45, 2.75) is 13.8 Å². The first-order valence-electron chi connectivity index (χ1n) is 8.71. The van der Waals surface area contributed by atoms with Crippen molar-refractivity contribution in [3.8, 4) is 5.69 Å². The summed E-state index contributed by atoms with van der Waals surface area (Å²) in [5, 5.41) is 7.83. The standard InChI is InChI=1S/C21H20ClIN4O/c1-14-11-16(15(2)27(14)20-6-4-3-5-19(20)22)12-25-26-21(28)13-24-18-9-7-17(23)8-10-18/h3-12,24H,13H2,1-2H3,(H,26,28)/b25-12-. The molecule has 0 atom stereocenters. The average molecular weight is 507 g/mol. The molecule has 3 rings (SSSR count). The van der Waals surface area contributed by atoms with E-state index in [0.717, 1.165) is 31.9 Å². The number of rotatable bonds is 6. The minimum absolute atomic E-state index is 0.149. The van der Waals surface area contributed by atoms with E-state index >= 15 is 0 Å². The molecule has 28 heavy (non-hydrogen) atoms. The van der Waals surface area contributed by atoms with E-state index in [1.807, 2.05) is 68.4 Å². The van der Waals surface area contributed by atoms with Gasteiger partial charge in [0.1, 0.15) is 0 Å². The van der Waals surface area contributed by atoms with E-state index in [9.17, 15) is 4.79 Å². The maximum atomic E-state index is 12.0. The highest BCUT2D eigenvalue weighted by Gasteiger charge is 2.11. The number of nitrogens with one attached hydrogen (secondary N) is 2. The number of hydrazone groups is 1. The SMILES string of the molecule is Cc1cc(/C=N\NC(=O)CNc2ccc(I)cc2)c(C)n1-c1ccccc1Cl. The van der Waals surface area contributed by atoms with Crippen molar-refractivity contribution in [2.24, 2.45) is 5.10 Å². The van der Waals surface area contributed by atoms with Gasteiger partial charge in [0.2, 0.25) is 0 Å². The molecule has 3 aromatic rings. The van der Waals surface area contributed by atoms with Crippen molar-refractivity contribution in [1.29, 1.82) is 0 Å². The van der Waals surface area contributed by atoms with Crippen molar-refractivity contribution in [1.82, 2.24) is 9.99 Å². The molecule has 0 unspecified atom stereocenters. The van der Waals surface area contributed by atoms with Gasteiger partial charge >= 0.3 is 0 Å². The summed E-state index contributed by atoms with van der Waals surface area (Å²) in [5.41, 5.74) is 7.32. The molecule has 0 aliphatic carbocycles. The van der Waals surface area contributed by atoms with Gasteiger partial charge in [-0.1, -0.05) is 23.7 Å².